The maximum atomic E-state index is 13.0. The van der Waals surface area contributed by atoms with Gasteiger partial charge in [0.05, 0.1) is 12.2 Å². The third kappa shape index (κ3) is 4.45. The second-order valence-corrected chi connectivity index (χ2v) is 8.43. The van der Waals surface area contributed by atoms with Gasteiger partial charge in [-0.2, -0.15) is 0 Å². The summed E-state index contributed by atoms with van der Waals surface area (Å²) in [5.41, 5.74) is -0.0464. The molecule has 0 radical (unpaired) electrons. The first-order valence-electron chi connectivity index (χ1n) is 10.4. The molecule has 5 heteroatoms. The van der Waals surface area contributed by atoms with E-state index in [1.807, 2.05) is 0 Å². The highest BCUT2D eigenvalue weighted by atomic mass is 19.1. The number of rotatable bonds is 5. The number of nitrogens with zero attached hydrogens (tertiary/aromatic N) is 1. The molecule has 1 unspecified atom stereocenters. The van der Waals surface area contributed by atoms with Crippen LogP contribution < -0.4 is 4.74 Å². The molecule has 1 aromatic rings. The number of amides is 1. The van der Waals surface area contributed by atoms with Crippen LogP contribution in [-0.4, -0.2) is 42.7 Å². The van der Waals surface area contributed by atoms with Gasteiger partial charge >= 0.3 is 0 Å². The van der Waals surface area contributed by atoms with Gasteiger partial charge in [-0.15, -0.1) is 0 Å². The van der Waals surface area contributed by atoms with Gasteiger partial charge in [0.2, 0.25) is 5.91 Å². The van der Waals surface area contributed by atoms with E-state index in [4.69, 9.17) is 9.47 Å². The Kier molecular flexibility index (Phi) is 5.67. The minimum atomic E-state index is -0.240. The number of benzene rings is 1. The lowest BCUT2D eigenvalue weighted by Crippen LogP contribution is -2.52. The van der Waals surface area contributed by atoms with Crippen molar-refractivity contribution in [2.75, 3.05) is 26.3 Å². The van der Waals surface area contributed by atoms with Gasteiger partial charge in [-0.3, -0.25) is 4.79 Å². The summed E-state index contributed by atoms with van der Waals surface area (Å²) in [5.74, 6) is 1.74. The van der Waals surface area contributed by atoms with Crippen molar-refractivity contribution in [2.45, 2.75) is 57.0 Å². The minimum absolute atomic E-state index is 0.0464. The Hall–Kier alpha value is -1.62. The van der Waals surface area contributed by atoms with E-state index < -0.39 is 0 Å². The van der Waals surface area contributed by atoms with Crippen LogP contribution in [0.4, 0.5) is 4.39 Å². The summed E-state index contributed by atoms with van der Waals surface area (Å²) >= 11 is 0. The lowest BCUT2D eigenvalue weighted by atomic mass is 9.77. The molecule has 1 aromatic carbocycles. The largest absolute Gasteiger partial charge is 0.494 e. The van der Waals surface area contributed by atoms with Gasteiger partial charge in [0.15, 0.2) is 0 Å². The van der Waals surface area contributed by atoms with Gasteiger partial charge in [-0.1, -0.05) is 6.42 Å². The number of likely N-dealkylation sites (tertiary alicyclic amines) is 1. The van der Waals surface area contributed by atoms with Crippen LogP contribution in [0.3, 0.4) is 0 Å². The Morgan fingerprint density at radius 2 is 1.93 bits per heavy atom. The van der Waals surface area contributed by atoms with Crippen molar-refractivity contribution < 1.29 is 18.7 Å². The lowest BCUT2D eigenvalue weighted by molar-refractivity contribution is -0.152. The highest BCUT2D eigenvalue weighted by Crippen LogP contribution is 2.39. The molecule has 0 N–H and O–H groups in total. The Morgan fingerprint density at radius 1 is 1.19 bits per heavy atom. The van der Waals surface area contributed by atoms with Gasteiger partial charge in [0.1, 0.15) is 11.6 Å². The average Bonchev–Trinajstić information content (AvgIpc) is 2.63. The van der Waals surface area contributed by atoms with Crippen LogP contribution >= 0.6 is 0 Å². The molecule has 148 valence electrons. The predicted octanol–water partition coefficient (Wildman–Crippen LogP) is 4.18. The molecule has 27 heavy (non-hydrogen) atoms. The lowest BCUT2D eigenvalue weighted by Gasteiger charge is -2.47. The molecule has 0 aromatic heterocycles. The smallest absolute Gasteiger partial charge is 0.225 e. The third-order valence-electron chi connectivity index (χ3n) is 6.64. The van der Waals surface area contributed by atoms with Crippen LogP contribution in [0, 0.1) is 17.7 Å². The summed E-state index contributed by atoms with van der Waals surface area (Å²) in [7, 11) is 0. The number of carbonyl (C=O) groups is 1. The fraction of sp³-hybridized carbons (Fsp3) is 0.682. The molecule has 1 saturated carbocycles. The highest BCUT2D eigenvalue weighted by molar-refractivity contribution is 5.79. The standard InChI is InChI=1S/C22H30FNO3/c23-19-4-6-20(7-5-19)26-14-8-17-9-15-27-22(16-17)10-12-24(13-11-22)21(25)18-2-1-3-18/h4-7,17-18H,1-3,8-16H2. The van der Waals surface area contributed by atoms with E-state index in [-0.39, 0.29) is 11.4 Å². The molecule has 1 amide bonds. The zero-order chi connectivity index (χ0) is 18.7. The molecule has 1 atom stereocenters. The molecule has 3 fully saturated rings. The number of carbonyl (C=O) groups excluding carboxylic acids is 1. The molecule has 3 aliphatic rings. The van der Waals surface area contributed by atoms with Gasteiger partial charge < -0.3 is 14.4 Å². The van der Waals surface area contributed by atoms with E-state index in [1.54, 1.807) is 12.1 Å². The first kappa shape index (κ1) is 18.7. The van der Waals surface area contributed by atoms with Crippen LogP contribution in [0.1, 0.15) is 51.4 Å². The SMILES string of the molecule is O=C(C1CCC1)N1CCC2(CC1)CC(CCOc1ccc(F)cc1)CCO2. The second kappa shape index (κ2) is 8.17. The van der Waals surface area contributed by atoms with E-state index >= 15 is 0 Å². The van der Waals surface area contributed by atoms with Crippen molar-refractivity contribution in [1.82, 2.24) is 4.90 Å². The molecule has 2 aliphatic heterocycles. The van der Waals surface area contributed by atoms with Crippen molar-refractivity contribution in [1.29, 1.82) is 0 Å². The first-order valence-corrected chi connectivity index (χ1v) is 10.4. The van der Waals surface area contributed by atoms with E-state index in [2.05, 4.69) is 4.90 Å². The second-order valence-electron chi connectivity index (χ2n) is 8.43. The molecule has 4 nitrogen and oxygen atoms in total. The Morgan fingerprint density at radius 3 is 2.59 bits per heavy atom. The maximum Gasteiger partial charge on any atom is 0.225 e. The Labute approximate surface area is 161 Å². The summed E-state index contributed by atoms with van der Waals surface area (Å²) < 4.78 is 24.9. The molecule has 4 rings (SSSR count). The Balaban J connectivity index is 1.23. The molecular weight excluding hydrogens is 345 g/mol. The fourth-order valence-corrected chi connectivity index (χ4v) is 4.65. The van der Waals surface area contributed by atoms with Crippen molar-refractivity contribution in [2.24, 2.45) is 11.8 Å². The van der Waals surface area contributed by atoms with Crippen molar-refractivity contribution >= 4 is 5.91 Å². The van der Waals surface area contributed by atoms with Crippen LogP contribution in [0.15, 0.2) is 24.3 Å². The molecule has 1 spiro atoms. The number of halogens is 1. The molecular formula is C22H30FNO3. The summed E-state index contributed by atoms with van der Waals surface area (Å²) in [5, 5.41) is 0. The molecule has 1 aliphatic carbocycles. The summed E-state index contributed by atoms with van der Waals surface area (Å²) in [6, 6.07) is 6.21. The average molecular weight is 375 g/mol. The van der Waals surface area contributed by atoms with E-state index in [0.717, 1.165) is 70.4 Å². The van der Waals surface area contributed by atoms with Gasteiger partial charge in [0, 0.05) is 25.6 Å². The zero-order valence-corrected chi connectivity index (χ0v) is 16.0. The van der Waals surface area contributed by atoms with Crippen LogP contribution in [0.25, 0.3) is 0 Å². The van der Waals surface area contributed by atoms with Crippen LogP contribution in [0.2, 0.25) is 0 Å². The van der Waals surface area contributed by atoms with Crippen molar-refractivity contribution in [3.8, 4) is 5.75 Å². The number of hydrogen-bond donors (Lipinski definition) is 0. The fourth-order valence-electron chi connectivity index (χ4n) is 4.65. The quantitative estimate of drug-likeness (QED) is 0.775. The van der Waals surface area contributed by atoms with Gasteiger partial charge in [0.25, 0.3) is 0 Å². The summed E-state index contributed by atoms with van der Waals surface area (Å²) in [6.07, 6.45) is 8.40. The summed E-state index contributed by atoms with van der Waals surface area (Å²) in [4.78, 5) is 14.5. The number of hydrogen-bond acceptors (Lipinski definition) is 3. The van der Waals surface area contributed by atoms with Crippen molar-refractivity contribution in [3.63, 3.8) is 0 Å². The molecule has 2 saturated heterocycles. The minimum Gasteiger partial charge on any atom is -0.494 e. The topological polar surface area (TPSA) is 38.8 Å². The van der Waals surface area contributed by atoms with E-state index in [9.17, 15) is 9.18 Å². The predicted molar refractivity (Wildman–Crippen MR) is 101 cm³/mol. The number of piperidine rings is 1. The van der Waals surface area contributed by atoms with Crippen LogP contribution in [0.5, 0.6) is 5.75 Å². The Bertz CT molecular complexity index is 635. The summed E-state index contributed by atoms with van der Waals surface area (Å²) in [6.45, 7) is 3.14. The molecule has 2 heterocycles. The van der Waals surface area contributed by atoms with Gasteiger partial charge in [-0.25, -0.2) is 4.39 Å². The van der Waals surface area contributed by atoms with E-state index in [0.29, 0.717) is 24.3 Å². The number of ether oxygens (including phenoxy) is 2. The normalized spacial score (nSPS) is 25.2. The monoisotopic (exact) mass is 375 g/mol. The van der Waals surface area contributed by atoms with Gasteiger partial charge in [-0.05, 0) is 75.1 Å². The molecule has 0 bridgehead atoms. The van der Waals surface area contributed by atoms with Crippen molar-refractivity contribution in [3.05, 3.63) is 30.1 Å². The van der Waals surface area contributed by atoms with Crippen LogP contribution in [-0.2, 0) is 9.53 Å². The first-order chi connectivity index (χ1) is 13.1. The third-order valence-corrected chi connectivity index (χ3v) is 6.64. The maximum absolute atomic E-state index is 13.0. The van der Waals surface area contributed by atoms with E-state index in [1.165, 1.54) is 18.6 Å². The highest BCUT2D eigenvalue weighted by Gasteiger charge is 2.42. The zero-order valence-electron chi connectivity index (χ0n) is 16.0.